The van der Waals surface area contributed by atoms with Crippen LogP contribution >= 0.6 is 27.5 Å². The number of aryl methyl sites for hydroxylation is 2. The van der Waals surface area contributed by atoms with Crippen LogP contribution < -0.4 is 10.6 Å². The molecule has 7 heteroatoms. The third-order valence-corrected chi connectivity index (χ3v) is 3.99. The number of rotatable bonds is 5. The van der Waals surface area contributed by atoms with Gasteiger partial charge in [-0.1, -0.05) is 17.7 Å². The second-order valence-electron chi connectivity index (χ2n) is 5.04. The van der Waals surface area contributed by atoms with Crippen LogP contribution in [0.4, 0.5) is 5.69 Å². The molecule has 0 saturated heterocycles. The molecule has 0 saturated carbocycles. The minimum atomic E-state index is -0.335. The van der Waals surface area contributed by atoms with E-state index in [1.54, 1.807) is 22.8 Å². The lowest BCUT2D eigenvalue weighted by molar-refractivity contribution is -0.115. The molecule has 1 aromatic heterocycles. The molecule has 1 heterocycles. The van der Waals surface area contributed by atoms with Gasteiger partial charge in [-0.3, -0.25) is 9.59 Å². The van der Waals surface area contributed by atoms with Gasteiger partial charge in [-0.15, -0.1) is 0 Å². The third kappa shape index (κ3) is 4.59. The highest BCUT2D eigenvalue weighted by Crippen LogP contribution is 2.22. The van der Waals surface area contributed by atoms with Crippen molar-refractivity contribution >= 4 is 45.0 Å². The maximum atomic E-state index is 12.1. The average molecular weight is 399 g/mol. The molecule has 122 valence electrons. The average Bonchev–Trinajstić information content (AvgIpc) is 2.89. The monoisotopic (exact) mass is 397 g/mol. The first-order valence-electron chi connectivity index (χ1n) is 7.10. The van der Waals surface area contributed by atoms with Crippen LogP contribution in [0.3, 0.4) is 0 Å². The summed E-state index contributed by atoms with van der Waals surface area (Å²) in [5, 5.41) is 5.74. The smallest absolute Gasteiger partial charge is 0.268 e. The van der Waals surface area contributed by atoms with Crippen molar-refractivity contribution in [2.75, 3.05) is 11.9 Å². The molecule has 2 amide bonds. The van der Waals surface area contributed by atoms with Gasteiger partial charge < -0.3 is 15.2 Å². The maximum Gasteiger partial charge on any atom is 0.268 e. The van der Waals surface area contributed by atoms with Crippen LogP contribution in [0.2, 0.25) is 5.02 Å². The molecule has 0 aliphatic heterocycles. The molecule has 1 aromatic carbocycles. The van der Waals surface area contributed by atoms with Gasteiger partial charge in [0.15, 0.2) is 0 Å². The molecule has 0 fully saturated rings. The largest absolute Gasteiger partial charge is 0.343 e. The van der Waals surface area contributed by atoms with Gasteiger partial charge in [-0.05, 0) is 53.5 Å². The number of carbonyl (C=O) groups excluding carboxylic acids is 2. The Morgan fingerprint density at radius 3 is 2.70 bits per heavy atom. The van der Waals surface area contributed by atoms with Gasteiger partial charge >= 0.3 is 0 Å². The Balaban J connectivity index is 1.94. The lowest BCUT2D eigenvalue weighted by atomic mass is 10.2. The summed E-state index contributed by atoms with van der Waals surface area (Å²) in [5.41, 5.74) is 2.03. The van der Waals surface area contributed by atoms with E-state index in [4.69, 9.17) is 11.6 Å². The summed E-state index contributed by atoms with van der Waals surface area (Å²) in [6.07, 6.45) is 1.82. The normalized spacial score (nSPS) is 10.4. The molecule has 0 unspecified atom stereocenters. The minimum Gasteiger partial charge on any atom is -0.343 e. The van der Waals surface area contributed by atoms with Gasteiger partial charge in [0.25, 0.3) is 5.91 Å². The van der Waals surface area contributed by atoms with Gasteiger partial charge in [0, 0.05) is 17.2 Å². The fourth-order valence-corrected chi connectivity index (χ4v) is 2.84. The van der Waals surface area contributed by atoms with E-state index >= 15 is 0 Å². The highest BCUT2D eigenvalue weighted by molar-refractivity contribution is 9.10. The zero-order valence-corrected chi connectivity index (χ0v) is 15.2. The number of carbonyl (C=O) groups is 2. The summed E-state index contributed by atoms with van der Waals surface area (Å²) in [6.45, 7) is 4.39. The standard InChI is InChI=1S/C16H17BrClN3O2/c1-3-21-9-11(17)7-14(21)16(23)19-8-15(22)20-13-5-4-10(2)6-12(13)18/h4-7,9H,3,8H2,1-2H3,(H,19,23)(H,20,22). The van der Waals surface area contributed by atoms with Gasteiger partial charge in [-0.25, -0.2) is 0 Å². The van der Waals surface area contributed by atoms with Crippen LogP contribution in [0.15, 0.2) is 34.9 Å². The van der Waals surface area contributed by atoms with Crippen LogP contribution in [-0.2, 0) is 11.3 Å². The molecule has 0 bridgehead atoms. The van der Waals surface area contributed by atoms with Crippen LogP contribution in [0.1, 0.15) is 23.0 Å². The van der Waals surface area contributed by atoms with Crippen LogP contribution in [-0.4, -0.2) is 22.9 Å². The van der Waals surface area contributed by atoms with E-state index in [9.17, 15) is 9.59 Å². The van der Waals surface area contributed by atoms with Crippen molar-refractivity contribution in [3.63, 3.8) is 0 Å². The molecule has 0 atom stereocenters. The van der Waals surface area contributed by atoms with Crippen molar-refractivity contribution in [1.82, 2.24) is 9.88 Å². The number of anilines is 1. The molecule has 5 nitrogen and oxygen atoms in total. The van der Waals surface area contributed by atoms with Gasteiger partial charge in [0.05, 0.1) is 17.3 Å². The van der Waals surface area contributed by atoms with Crippen molar-refractivity contribution < 1.29 is 9.59 Å². The third-order valence-electron chi connectivity index (χ3n) is 3.24. The summed E-state index contributed by atoms with van der Waals surface area (Å²) in [4.78, 5) is 24.1. The fourth-order valence-electron chi connectivity index (χ4n) is 2.09. The fraction of sp³-hybridized carbons (Fsp3) is 0.250. The van der Waals surface area contributed by atoms with Crippen LogP contribution in [0, 0.1) is 6.92 Å². The Morgan fingerprint density at radius 2 is 2.04 bits per heavy atom. The molecule has 2 N–H and O–H groups in total. The number of benzene rings is 1. The lowest BCUT2D eigenvalue weighted by Gasteiger charge is -2.10. The molecule has 0 radical (unpaired) electrons. The highest BCUT2D eigenvalue weighted by atomic mass is 79.9. The molecule has 0 aliphatic rings. The van der Waals surface area contributed by atoms with Crippen molar-refractivity contribution in [3.05, 3.63) is 51.2 Å². The maximum absolute atomic E-state index is 12.1. The van der Waals surface area contributed by atoms with E-state index in [0.29, 0.717) is 22.9 Å². The van der Waals surface area contributed by atoms with Crippen LogP contribution in [0.25, 0.3) is 0 Å². The van der Waals surface area contributed by atoms with Crippen molar-refractivity contribution in [1.29, 1.82) is 0 Å². The van der Waals surface area contributed by atoms with Crippen molar-refractivity contribution in [2.24, 2.45) is 0 Å². The second kappa shape index (κ2) is 7.66. The number of nitrogens with zero attached hydrogens (tertiary/aromatic N) is 1. The van der Waals surface area contributed by atoms with Gasteiger partial charge in [-0.2, -0.15) is 0 Å². The Hall–Kier alpha value is -1.79. The highest BCUT2D eigenvalue weighted by Gasteiger charge is 2.14. The number of hydrogen-bond acceptors (Lipinski definition) is 2. The van der Waals surface area contributed by atoms with Gasteiger partial charge in [0.1, 0.15) is 5.69 Å². The summed E-state index contributed by atoms with van der Waals surface area (Å²) in [5.74, 6) is -0.638. The van der Waals surface area contributed by atoms with E-state index in [0.717, 1.165) is 10.0 Å². The predicted molar refractivity (Wildman–Crippen MR) is 95.0 cm³/mol. The van der Waals surface area contributed by atoms with E-state index in [-0.39, 0.29) is 18.4 Å². The Morgan fingerprint density at radius 1 is 1.30 bits per heavy atom. The quantitative estimate of drug-likeness (QED) is 0.808. The van der Waals surface area contributed by atoms with Gasteiger partial charge in [0.2, 0.25) is 5.91 Å². The minimum absolute atomic E-state index is 0.129. The second-order valence-corrected chi connectivity index (χ2v) is 6.37. The number of nitrogens with one attached hydrogen (secondary N) is 2. The number of amides is 2. The molecular formula is C16H17BrClN3O2. The van der Waals surface area contributed by atoms with E-state index in [1.807, 2.05) is 26.1 Å². The van der Waals surface area contributed by atoms with E-state index in [2.05, 4.69) is 26.6 Å². The van der Waals surface area contributed by atoms with E-state index in [1.165, 1.54) is 0 Å². The molecule has 23 heavy (non-hydrogen) atoms. The summed E-state index contributed by atoms with van der Waals surface area (Å²) >= 11 is 9.40. The number of halogens is 2. The molecule has 2 rings (SSSR count). The SMILES string of the molecule is CCn1cc(Br)cc1C(=O)NCC(=O)Nc1ccc(C)cc1Cl. The first kappa shape index (κ1) is 17.6. The summed E-state index contributed by atoms with van der Waals surface area (Å²) in [7, 11) is 0. The topological polar surface area (TPSA) is 63.1 Å². The number of aromatic nitrogens is 1. The summed E-state index contributed by atoms with van der Waals surface area (Å²) < 4.78 is 2.62. The van der Waals surface area contributed by atoms with E-state index < -0.39 is 0 Å². The molecule has 2 aromatic rings. The number of hydrogen-bond donors (Lipinski definition) is 2. The summed E-state index contributed by atoms with van der Waals surface area (Å²) in [6, 6.07) is 7.07. The molecule has 0 spiro atoms. The Labute approximate surface area is 148 Å². The van der Waals surface area contributed by atoms with Crippen LogP contribution in [0.5, 0.6) is 0 Å². The zero-order valence-electron chi connectivity index (χ0n) is 12.8. The first-order valence-corrected chi connectivity index (χ1v) is 8.27. The predicted octanol–water partition coefficient (Wildman–Crippen LogP) is 3.60. The Kier molecular flexibility index (Phi) is 5.85. The Bertz CT molecular complexity index is 743. The molecular weight excluding hydrogens is 382 g/mol. The molecule has 0 aliphatic carbocycles. The lowest BCUT2D eigenvalue weighted by Crippen LogP contribution is -2.33. The first-order chi connectivity index (χ1) is 10.9. The van der Waals surface area contributed by atoms with Crippen molar-refractivity contribution in [3.8, 4) is 0 Å². The zero-order chi connectivity index (χ0) is 17.0. The van der Waals surface area contributed by atoms with Crippen molar-refractivity contribution in [2.45, 2.75) is 20.4 Å².